The highest BCUT2D eigenvalue weighted by atomic mass is 16.2. The second-order valence-electron chi connectivity index (χ2n) is 7.42. The maximum absolute atomic E-state index is 12.6. The summed E-state index contributed by atoms with van der Waals surface area (Å²) in [4.78, 5) is 23.4. The Bertz CT molecular complexity index is 544. The number of amides is 1. The average molecular weight is 329 g/mol. The highest BCUT2D eigenvalue weighted by molar-refractivity contribution is 5.82. The highest BCUT2D eigenvalue weighted by Crippen LogP contribution is 2.33. The van der Waals surface area contributed by atoms with Crippen LogP contribution in [0.25, 0.3) is 0 Å². The van der Waals surface area contributed by atoms with Gasteiger partial charge in [-0.25, -0.2) is 9.97 Å². The van der Waals surface area contributed by atoms with Crippen molar-refractivity contribution in [3.05, 3.63) is 18.5 Å². The first-order valence-electron chi connectivity index (χ1n) is 9.38. The normalized spacial score (nSPS) is 30.8. The SMILES string of the molecule is O=C(NC1CCN(c2ncccn2)CC1)[C@@H]1C[C@H]2CCCC[C@H]2N1. The number of nitrogens with zero attached hydrogens (tertiary/aromatic N) is 3. The lowest BCUT2D eigenvalue weighted by Gasteiger charge is -2.32. The molecule has 4 rings (SSSR count). The summed E-state index contributed by atoms with van der Waals surface area (Å²) in [5.74, 6) is 1.72. The maximum atomic E-state index is 12.6. The minimum Gasteiger partial charge on any atom is -0.352 e. The Morgan fingerprint density at radius 1 is 1.12 bits per heavy atom. The van der Waals surface area contributed by atoms with Gasteiger partial charge in [0, 0.05) is 37.6 Å². The molecule has 6 heteroatoms. The van der Waals surface area contributed by atoms with Crippen LogP contribution in [0.4, 0.5) is 5.95 Å². The van der Waals surface area contributed by atoms with E-state index in [2.05, 4.69) is 25.5 Å². The molecule has 0 radical (unpaired) electrons. The molecule has 3 aliphatic rings. The molecule has 2 saturated heterocycles. The van der Waals surface area contributed by atoms with Gasteiger partial charge in [-0.3, -0.25) is 4.79 Å². The van der Waals surface area contributed by atoms with E-state index < -0.39 is 0 Å². The molecule has 0 unspecified atom stereocenters. The van der Waals surface area contributed by atoms with Gasteiger partial charge in [0.2, 0.25) is 11.9 Å². The van der Waals surface area contributed by atoms with Gasteiger partial charge in [-0.05, 0) is 44.1 Å². The van der Waals surface area contributed by atoms with Crippen molar-refractivity contribution in [2.24, 2.45) is 5.92 Å². The van der Waals surface area contributed by atoms with Gasteiger partial charge in [0.15, 0.2) is 0 Å². The van der Waals surface area contributed by atoms with Crippen LogP contribution in [0.2, 0.25) is 0 Å². The van der Waals surface area contributed by atoms with Crippen LogP contribution in [0.3, 0.4) is 0 Å². The largest absolute Gasteiger partial charge is 0.352 e. The first-order valence-corrected chi connectivity index (χ1v) is 9.38. The second kappa shape index (κ2) is 7.05. The van der Waals surface area contributed by atoms with Crippen LogP contribution in [-0.4, -0.2) is 47.1 Å². The minimum atomic E-state index is 0.0218. The van der Waals surface area contributed by atoms with E-state index in [1.807, 2.05) is 6.07 Å². The molecule has 1 saturated carbocycles. The van der Waals surface area contributed by atoms with Crippen LogP contribution >= 0.6 is 0 Å². The number of rotatable bonds is 3. The predicted molar refractivity (Wildman–Crippen MR) is 92.7 cm³/mol. The van der Waals surface area contributed by atoms with Crippen molar-refractivity contribution in [1.29, 1.82) is 0 Å². The predicted octanol–water partition coefficient (Wildman–Crippen LogP) is 1.48. The van der Waals surface area contributed by atoms with Crippen molar-refractivity contribution >= 4 is 11.9 Å². The van der Waals surface area contributed by atoms with Crippen LogP contribution in [0.1, 0.15) is 44.9 Å². The van der Waals surface area contributed by atoms with Crippen LogP contribution < -0.4 is 15.5 Å². The topological polar surface area (TPSA) is 70.2 Å². The Hall–Kier alpha value is -1.69. The molecule has 3 fully saturated rings. The van der Waals surface area contributed by atoms with Crippen molar-refractivity contribution in [2.75, 3.05) is 18.0 Å². The third kappa shape index (κ3) is 3.38. The number of aromatic nitrogens is 2. The average Bonchev–Trinajstić information content (AvgIpc) is 3.07. The molecule has 1 aromatic rings. The number of hydrogen-bond donors (Lipinski definition) is 2. The summed E-state index contributed by atoms with van der Waals surface area (Å²) >= 11 is 0. The summed E-state index contributed by atoms with van der Waals surface area (Å²) < 4.78 is 0. The zero-order valence-electron chi connectivity index (χ0n) is 14.2. The third-order valence-corrected chi connectivity index (χ3v) is 5.86. The van der Waals surface area contributed by atoms with E-state index in [0.29, 0.717) is 12.0 Å². The monoisotopic (exact) mass is 329 g/mol. The second-order valence-corrected chi connectivity index (χ2v) is 7.42. The molecule has 130 valence electrons. The number of carbonyl (C=O) groups is 1. The van der Waals surface area contributed by atoms with Crippen LogP contribution in [-0.2, 0) is 4.79 Å². The lowest BCUT2D eigenvalue weighted by molar-refractivity contribution is -0.123. The standard InChI is InChI=1S/C18H27N5O/c24-17(16-12-13-4-1-2-5-15(13)22-16)21-14-6-10-23(11-7-14)18-19-8-3-9-20-18/h3,8-9,13-16,22H,1-2,4-7,10-12H2,(H,21,24)/t13-,15-,16+/m1/s1. The Morgan fingerprint density at radius 3 is 2.62 bits per heavy atom. The Labute approximate surface area is 143 Å². The molecule has 1 aromatic heterocycles. The Kier molecular flexibility index (Phi) is 4.65. The molecule has 2 aliphatic heterocycles. The van der Waals surface area contributed by atoms with Crippen molar-refractivity contribution in [1.82, 2.24) is 20.6 Å². The minimum absolute atomic E-state index is 0.0218. The Balaban J connectivity index is 1.26. The van der Waals surface area contributed by atoms with Crippen molar-refractivity contribution in [2.45, 2.75) is 63.1 Å². The summed E-state index contributed by atoms with van der Waals surface area (Å²) in [6.45, 7) is 1.80. The summed E-state index contributed by atoms with van der Waals surface area (Å²) in [6, 6.07) is 2.71. The summed E-state index contributed by atoms with van der Waals surface area (Å²) in [5, 5.41) is 6.85. The van der Waals surface area contributed by atoms with Gasteiger partial charge in [0.25, 0.3) is 0 Å². The fourth-order valence-electron chi connectivity index (χ4n) is 4.50. The van der Waals surface area contributed by atoms with E-state index in [-0.39, 0.29) is 18.0 Å². The van der Waals surface area contributed by atoms with Crippen molar-refractivity contribution in [3.8, 4) is 0 Å². The van der Waals surface area contributed by atoms with Gasteiger partial charge in [-0.1, -0.05) is 12.8 Å². The third-order valence-electron chi connectivity index (χ3n) is 5.86. The summed E-state index contributed by atoms with van der Waals surface area (Å²) in [5.41, 5.74) is 0. The molecule has 1 amide bonds. The summed E-state index contributed by atoms with van der Waals surface area (Å²) in [6.07, 6.45) is 11.7. The molecule has 2 N–H and O–H groups in total. The lowest BCUT2D eigenvalue weighted by atomic mass is 9.85. The van der Waals surface area contributed by atoms with E-state index in [4.69, 9.17) is 0 Å². The number of carbonyl (C=O) groups excluding carboxylic acids is 1. The van der Waals surface area contributed by atoms with E-state index >= 15 is 0 Å². The van der Waals surface area contributed by atoms with Crippen molar-refractivity contribution in [3.63, 3.8) is 0 Å². The lowest BCUT2D eigenvalue weighted by Crippen LogP contribution is -2.50. The van der Waals surface area contributed by atoms with Gasteiger partial charge in [-0.15, -0.1) is 0 Å². The first-order chi connectivity index (χ1) is 11.8. The van der Waals surface area contributed by atoms with E-state index in [0.717, 1.165) is 38.3 Å². The van der Waals surface area contributed by atoms with Gasteiger partial charge >= 0.3 is 0 Å². The quantitative estimate of drug-likeness (QED) is 0.879. The smallest absolute Gasteiger partial charge is 0.237 e. The molecular weight excluding hydrogens is 302 g/mol. The molecular formula is C18H27N5O. The van der Waals surface area contributed by atoms with Gasteiger partial charge in [-0.2, -0.15) is 0 Å². The molecule has 1 aliphatic carbocycles. The van der Waals surface area contributed by atoms with E-state index in [1.165, 1.54) is 25.7 Å². The number of piperidine rings is 1. The molecule has 3 heterocycles. The summed E-state index contributed by atoms with van der Waals surface area (Å²) in [7, 11) is 0. The number of fused-ring (bicyclic) bond motifs is 1. The molecule has 0 spiro atoms. The maximum Gasteiger partial charge on any atom is 0.237 e. The van der Waals surface area contributed by atoms with Gasteiger partial charge < -0.3 is 15.5 Å². The van der Waals surface area contributed by atoms with Gasteiger partial charge in [0.05, 0.1) is 6.04 Å². The number of hydrogen-bond acceptors (Lipinski definition) is 5. The molecule has 24 heavy (non-hydrogen) atoms. The molecule has 6 nitrogen and oxygen atoms in total. The highest BCUT2D eigenvalue weighted by Gasteiger charge is 2.38. The van der Waals surface area contributed by atoms with Crippen LogP contribution in [0.5, 0.6) is 0 Å². The zero-order valence-corrected chi connectivity index (χ0v) is 14.2. The number of anilines is 1. The van der Waals surface area contributed by atoms with E-state index in [9.17, 15) is 4.79 Å². The van der Waals surface area contributed by atoms with E-state index in [1.54, 1.807) is 12.4 Å². The van der Waals surface area contributed by atoms with Crippen LogP contribution in [0, 0.1) is 5.92 Å². The molecule has 0 aromatic carbocycles. The fourth-order valence-corrected chi connectivity index (χ4v) is 4.50. The van der Waals surface area contributed by atoms with Crippen molar-refractivity contribution < 1.29 is 4.79 Å². The number of nitrogens with one attached hydrogen (secondary N) is 2. The zero-order chi connectivity index (χ0) is 16.4. The molecule has 0 bridgehead atoms. The first kappa shape index (κ1) is 15.8. The van der Waals surface area contributed by atoms with Gasteiger partial charge in [0.1, 0.15) is 0 Å². The van der Waals surface area contributed by atoms with Crippen LogP contribution in [0.15, 0.2) is 18.5 Å². The molecule has 3 atom stereocenters. The fraction of sp³-hybridized carbons (Fsp3) is 0.722. The Morgan fingerprint density at radius 2 is 1.88 bits per heavy atom.